The maximum atomic E-state index is 5.32. The van der Waals surface area contributed by atoms with Gasteiger partial charge in [-0.05, 0) is 12.5 Å². The molecule has 0 amide bonds. The van der Waals surface area contributed by atoms with Crippen LogP contribution in [-0.2, 0) is 0 Å². The lowest BCUT2D eigenvalue weighted by Gasteiger charge is -2.00. The fourth-order valence-electron chi connectivity index (χ4n) is 1.41. The van der Waals surface area contributed by atoms with E-state index >= 15 is 0 Å². The Morgan fingerprint density at radius 2 is 2.00 bits per heavy atom. The molecular weight excluding hydrogens is 178 g/mol. The van der Waals surface area contributed by atoms with Gasteiger partial charge in [0, 0.05) is 0 Å². The van der Waals surface area contributed by atoms with E-state index in [0.717, 1.165) is 16.8 Å². The van der Waals surface area contributed by atoms with Crippen molar-refractivity contribution in [1.82, 2.24) is 5.16 Å². The number of anilines is 1. The zero-order chi connectivity index (χ0) is 9.97. The number of nitrogen functional groups attached to an aromatic ring is 1. The molecule has 0 fully saturated rings. The highest BCUT2D eigenvalue weighted by Crippen LogP contribution is 2.30. The van der Waals surface area contributed by atoms with E-state index in [1.807, 2.05) is 37.3 Å². The second-order valence-corrected chi connectivity index (χ2v) is 2.98. The minimum absolute atomic E-state index is 0.494. The van der Waals surface area contributed by atoms with Gasteiger partial charge in [0.25, 0.3) is 0 Å². The largest absolute Gasteiger partial charge is 0.337 e. The third-order valence-corrected chi connectivity index (χ3v) is 2.06. The molecule has 0 saturated heterocycles. The first-order valence-corrected chi connectivity index (χ1v) is 4.31. The molecule has 0 aliphatic heterocycles. The van der Waals surface area contributed by atoms with Crippen molar-refractivity contribution in [3.63, 3.8) is 0 Å². The van der Waals surface area contributed by atoms with Crippen LogP contribution in [0.5, 0.6) is 0 Å². The molecule has 2 aromatic rings. The molecule has 2 rings (SSSR count). The van der Waals surface area contributed by atoms with Crippen LogP contribution in [0.3, 0.4) is 0 Å². The molecule has 0 spiro atoms. The number of nitrogens with one attached hydrogen (secondary N) is 1. The summed E-state index contributed by atoms with van der Waals surface area (Å²) in [5, 5.41) is 3.85. The molecule has 0 aliphatic carbocycles. The number of aromatic nitrogens is 1. The number of nitrogens with two attached hydrogens (primary N) is 1. The Morgan fingerprint density at radius 3 is 2.64 bits per heavy atom. The quantitative estimate of drug-likeness (QED) is 0.559. The first-order chi connectivity index (χ1) is 6.83. The molecule has 0 bridgehead atoms. The molecule has 0 saturated carbocycles. The van der Waals surface area contributed by atoms with E-state index in [4.69, 9.17) is 10.4 Å². The Labute approximate surface area is 81.7 Å². The van der Waals surface area contributed by atoms with Crippen LogP contribution in [0.15, 0.2) is 34.9 Å². The second-order valence-electron chi connectivity index (χ2n) is 2.98. The van der Waals surface area contributed by atoms with Gasteiger partial charge in [-0.15, -0.1) is 0 Å². The van der Waals surface area contributed by atoms with Crippen molar-refractivity contribution in [3.05, 3.63) is 36.0 Å². The Kier molecular flexibility index (Phi) is 2.20. The fraction of sp³-hybridized carbons (Fsp3) is 0.100. The summed E-state index contributed by atoms with van der Waals surface area (Å²) in [7, 11) is 0. The van der Waals surface area contributed by atoms with Crippen molar-refractivity contribution < 1.29 is 4.52 Å². The topological polar surface area (TPSA) is 64.1 Å². The molecule has 0 aliphatic rings. The molecule has 0 radical (unpaired) electrons. The molecule has 72 valence electrons. The second kappa shape index (κ2) is 3.51. The van der Waals surface area contributed by atoms with Gasteiger partial charge in [-0.1, -0.05) is 35.5 Å². The summed E-state index contributed by atoms with van der Waals surface area (Å²) in [6.45, 7) is 1.88. The number of hydrazine groups is 1. The molecule has 4 heteroatoms. The minimum Gasteiger partial charge on any atom is -0.337 e. The van der Waals surface area contributed by atoms with E-state index in [-0.39, 0.29) is 0 Å². The summed E-state index contributed by atoms with van der Waals surface area (Å²) in [5.41, 5.74) is 5.26. The van der Waals surface area contributed by atoms with Gasteiger partial charge < -0.3 is 4.52 Å². The van der Waals surface area contributed by atoms with Crippen LogP contribution in [-0.4, -0.2) is 5.16 Å². The Morgan fingerprint density at radius 1 is 1.29 bits per heavy atom. The lowest BCUT2D eigenvalue weighted by molar-refractivity contribution is 0.427. The highest BCUT2D eigenvalue weighted by atomic mass is 16.5. The van der Waals surface area contributed by atoms with Gasteiger partial charge in [0.1, 0.15) is 0 Å². The van der Waals surface area contributed by atoms with Crippen molar-refractivity contribution in [2.45, 2.75) is 6.92 Å². The first kappa shape index (κ1) is 8.77. The van der Waals surface area contributed by atoms with Crippen LogP contribution >= 0.6 is 0 Å². The van der Waals surface area contributed by atoms with Gasteiger partial charge in [-0.2, -0.15) is 0 Å². The standard InChI is InChI=1S/C10H11N3O/c1-7-9(10(12-11)14-13-7)8-5-3-2-4-6-8/h2-6,12H,11H2,1H3. The van der Waals surface area contributed by atoms with E-state index in [0.29, 0.717) is 5.88 Å². The van der Waals surface area contributed by atoms with E-state index in [1.165, 1.54) is 0 Å². The average molecular weight is 189 g/mol. The highest BCUT2D eigenvalue weighted by Gasteiger charge is 2.12. The molecule has 4 nitrogen and oxygen atoms in total. The van der Waals surface area contributed by atoms with Crippen molar-refractivity contribution in [2.24, 2.45) is 5.84 Å². The summed E-state index contributed by atoms with van der Waals surface area (Å²) in [5.74, 6) is 5.81. The van der Waals surface area contributed by atoms with Crippen molar-refractivity contribution in [2.75, 3.05) is 5.43 Å². The highest BCUT2D eigenvalue weighted by molar-refractivity contribution is 5.75. The van der Waals surface area contributed by atoms with Gasteiger partial charge in [-0.25, -0.2) is 5.84 Å². The molecule has 1 aromatic carbocycles. The molecule has 0 atom stereocenters. The van der Waals surface area contributed by atoms with Crippen molar-refractivity contribution in [1.29, 1.82) is 0 Å². The predicted molar refractivity (Wildman–Crippen MR) is 54.5 cm³/mol. The van der Waals surface area contributed by atoms with Crippen LogP contribution in [0, 0.1) is 6.92 Å². The van der Waals surface area contributed by atoms with E-state index in [9.17, 15) is 0 Å². The van der Waals surface area contributed by atoms with Crippen LogP contribution in [0.2, 0.25) is 0 Å². The summed E-state index contributed by atoms with van der Waals surface area (Å²) in [6, 6.07) is 9.85. The molecule has 3 N–H and O–H groups in total. The van der Waals surface area contributed by atoms with Crippen LogP contribution < -0.4 is 11.3 Å². The van der Waals surface area contributed by atoms with Gasteiger partial charge in [0.2, 0.25) is 5.88 Å². The summed E-state index contributed by atoms with van der Waals surface area (Å²) < 4.78 is 5.01. The van der Waals surface area contributed by atoms with E-state index in [2.05, 4.69) is 10.6 Å². The molecule has 1 aromatic heterocycles. The lowest BCUT2D eigenvalue weighted by atomic mass is 10.1. The number of hydrogen-bond acceptors (Lipinski definition) is 4. The number of nitrogens with zero attached hydrogens (tertiary/aromatic N) is 1. The zero-order valence-corrected chi connectivity index (χ0v) is 7.82. The molecule has 0 unspecified atom stereocenters. The number of rotatable bonds is 2. The minimum atomic E-state index is 0.494. The third-order valence-electron chi connectivity index (χ3n) is 2.06. The Balaban J connectivity index is 2.55. The van der Waals surface area contributed by atoms with Gasteiger partial charge >= 0.3 is 0 Å². The third kappa shape index (κ3) is 1.36. The van der Waals surface area contributed by atoms with Crippen LogP contribution in [0.1, 0.15) is 5.69 Å². The van der Waals surface area contributed by atoms with Gasteiger partial charge in [-0.3, -0.25) is 5.43 Å². The maximum absolute atomic E-state index is 5.32. The summed E-state index contributed by atoms with van der Waals surface area (Å²) >= 11 is 0. The van der Waals surface area contributed by atoms with Crippen LogP contribution in [0.25, 0.3) is 11.1 Å². The SMILES string of the molecule is Cc1noc(NN)c1-c1ccccc1. The molecular formula is C10H11N3O. The number of hydrogen-bond donors (Lipinski definition) is 2. The van der Waals surface area contributed by atoms with E-state index < -0.39 is 0 Å². The van der Waals surface area contributed by atoms with Gasteiger partial charge in [0.15, 0.2) is 0 Å². The summed E-state index contributed by atoms with van der Waals surface area (Å²) in [6.07, 6.45) is 0. The zero-order valence-electron chi connectivity index (χ0n) is 7.82. The predicted octanol–water partition coefficient (Wildman–Crippen LogP) is 1.94. The van der Waals surface area contributed by atoms with Crippen molar-refractivity contribution in [3.8, 4) is 11.1 Å². The fourth-order valence-corrected chi connectivity index (χ4v) is 1.41. The average Bonchev–Trinajstić information content (AvgIpc) is 2.61. The Bertz CT molecular complexity index is 422. The Hall–Kier alpha value is -1.81. The maximum Gasteiger partial charge on any atom is 0.246 e. The smallest absolute Gasteiger partial charge is 0.246 e. The first-order valence-electron chi connectivity index (χ1n) is 4.31. The van der Waals surface area contributed by atoms with Crippen molar-refractivity contribution >= 4 is 5.88 Å². The lowest BCUT2D eigenvalue weighted by Crippen LogP contribution is -2.06. The number of benzene rings is 1. The number of aryl methyl sites for hydroxylation is 1. The summed E-state index contributed by atoms with van der Waals surface area (Å²) in [4.78, 5) is 0. The molecule has 1 heterocycles. The van der Waals surface area contributed by atoms with Gasteiger partial charge in [0.05, 0.1) is 11.3 Å². The van der Waals surface area contributed by atoms with E-state index in [1.54, 1.807) is 0 Å². The molecule has 14 heavy (non-hydrogen) atoms. The monoisotopic (exact) mass is 189 g/mol. The normalized spacial score (nSPS) is 10.1. The van der Waals surface area contributed by atoms with Crippen LogP contribution in [0.4, 0.5) is 5.88 Å².